The van der Waals surface area contributed by atoms with Gasteiger partial charge in [-0.2, -0.15) is 0 Å². The summed E-state index contributed by atoms with van der Waals surface area (Å²) in [4.78, 5) is 28.8. The van der Waals surface area contributed by atoms with E-state index < -0.39 is 0 Å². The molecule has 0 unspecified atom stereocenters. The van der Waals surface area contributed by atoms with Gasteiger partial charge in [-0.25, -0.2) is 0 Å². The van der Waals surface area contributed by atoms with Gasteiger partial charge in [0.05, 0.1) is 0 Å². The number of aryl methyl sites for hydroxylation is 1. The summed E-state index contributed by atoms with van der Waals surface area (Å²) < 4.78 is 0. The maximum absolute atomic E-state index is 12.6. The van der Waals surface area contributed by atoms with Crippen LogP contribution in [0.1, 0.15) is 35.2 Å². The third kappa shape index (κ3) is 4.77. The van der Waals surface area contributed by atoms with E-state index in [1.165, 1.54) is 0 Å². The number of phenols is 1. The average molecular weight is 393 g/mol. The van der Waals surface area contributed by atoms with Crippen molar-refractivity contribution in [2.24, 2.45) is 0 Å². The molecule has 2 N–H and O–H groups in total. The molecule has 2 aromatic rings. The van der Waals surface area contributed by atoms with Crippen molar-refractivity contribution in [3.8, 4) is 5.75 Å². The molecule has 0 saturated carbocycles. The van der Waals surface area contributed by atoms with Crippen LogP contribution in [0.3, 0.4) is 0 Å². The number of carbonyl (C=O) groups excluding carboxylic acids is 2. The van der Waals surface area contributed by atoms with Crippen LogP contribution in [0.15, 0.2) is 42.5 Å². The minimum atomic E-state index is 0.0436. The Morgan fingerprint density at radius 3 is 2.52 bits per heavy atom. The second-order valence-electron chi connectivity index (χ2n) is 7.79. The Morgan fingerprint density at radius 2 is 1.76 bits per heavy atom. The summed E-state index contributed by atoms with van der Waals surface area (Å²) in [5.74, 6) is 0.509. The van der Waals surface area contributed by atoms with Crippen LogP contribution in [0.5, 0.6) is 5.75 Å². The number of aromatic hydroxyl groups is 1. The standard InChI is InChI=1S/C23H27N3O3/c27-20-7-5-19(6-8-20)26-14-12-25(13-15-26)11-1-2-22(28)18-3-9-21-17(16-18)4-10-23(29)24-21/h3,5-9,16,27H,1-2,4,10-15H2,(H,24,29). The Hall–Kier alpha value is -2.86. The number of phenolic OH excluding ortho intramolecular Hbond substituents is 1. The summed E-state index contributed by atoms with van der Waals surface area (Å²) in [6.45, 7) is 4.79. The number of nitrogens with one attached hydrogen (secondary N) is 1. The van der Waals surface area contributed by atoms with Crippen LogP contribution in [-0.4, -0.2) is 54.4 Å². The van der Waals surface area contributed by atoms with Crippen molar-refractivity contribution in [3.63, 3.8) is 0 Å². The summed E-state index contributed by atoms with van der Waals surface area (Å²) in [5.41, 5.74) is 3.78. The molecule has 0 bridgehead atoms. The van der Waals surface area contributed by atoms with Crippen molar-refractivity contribution < 1.29 is 14.7 Å². The van der Waals surface area contributed by atoms with Gasteiger partial charge in [0.2, 0.25) is 5.91 Å². The molecule has 2 aromatic carbocycles. The number of anilines is 2. The fourth-order valence-corrected chi connectivity index (χ4v) is 4.06. The second-order valence-corrected chi connectivity index (χ2v) is 7.79. The first-order chi connectivity index (χ1) is 14.1. The van der Waals surface area contributed by atoms with Gasteiger partial charge in [0, 0.05) is 56.0 Å². The Balaban J connectivity index is 1.22. The van der Waals surface area contributed by atoms with E-state index in [0.29, 0.717) is 25.0 Å². The number of rotatable bonds is 6. The van der Waals surface area contributed by atoms with E-state index >= 15 is 0 Å². The summed E-state index contributed by atoms with van der Waals surface area (Å²) in [6, 6.07) is 13.0. The number of hydrogen-bond acceptors (Lipinski definition) is 5. The van der Waals surface area contributed by atoms with Gasteiger partial charge >= 0.3 is 0 Å². The lowest BCUT2D eigenvalue weighted by Crippen LogP contribution is -2.46. The van der Waals surface area contributed by atoms with E-state index in [1.54, 1.807) is 12.1 Å². The highest BCUT2D eigenvalue weighted by molar-refractivity contribution is 5.98. The molecule has 0 radical (unpaired) electrons. The molecular formula is C23H27N3O3. The normalized spacial score (nSPS) is 17.0. The third-order valence-corrected chi connectivity index (χ3v) is 5.79. The molecule has 4 rings (SSSR count). The predicted molar refractivity (Wildman–Crippen MR) is 114 cm³/mol. The first-order valence-electron chi connectivity index (χ1n) is 10.3. The predicted octanol–water partition coefficient (Wildman–Crippen LogP) is 3.06. The lowest BCUT2D eigenvalue weighted by atomic mass is 9.97. The van der Waals surface area contributed by atoms with Gasteiger partial charge < -0.3 is 15.3 Å². The van der Waals surface area contributed by atoms with Gasteiger partial charge in [0.1, 0.15) is 5.75 Å². The van der Waals surface area contributed by atoms with Gasteiger partial charge in [-0.1, -0.05) is 0 Å². The highest BCUT2D eigenvalue weighted by Crippen LogP contribution is 2.24. The van der Waals surface area contributed by atoms with Crippen LogP contribution < -0.4 is 10.2 Å². The van der Waals surface area contributed by atoms with Crippen molar-refractivity contribution in [1.29, 1.82) is 0 Å². The lowest BCUT2D eigenvalue weighted by Gasteiger charge is -2.36. The second kappa shape index (κ2) is 8.66. The highest BCUT2D eigenvalue weighted by atomic mass is 16.3. The molecule has 2 aliphatic rings. The minimum absolute atomic E-state index is 0.0436. The third-order valence-electron chi connectivity index (χ3n) is 5.79. The SMILES string of the molecule is O=C1CCc2cc(C(=O)CCCN3CCN(c4ccc(O)cc4)CC3)ccc2N1. The molecule has 2 aliphatic heterocycles. The first-order valence-corrected chi connectivity index (χ1v) is 10.3. The van der Waals surface area contributed by atoms with E-state index in [4.69, 9.17) is 0 Å². The van der Waals surface area contributed by atoms with Crippen LogP contribution in [-0.2, 0) is 11.2 Å². The molecule has 1 amide bonds. The zero-order valence-corrected chi connectivity index (χ0v) is 16.6. The maximum atomic E-state index is 12.6. The summed E-state index contributed by atoms with van der Waals surface area (Å²) in [6.07, 6.45) is 2.59. The van der Waals surface area contributed by atoms with Crippen molar-refractivity contribution >= 4 is 23.1 Å². The van der Waals surface area contributed by atoms with Gasteiger partial charge in [-0.15, -0.1) is 0 Å². The van der Waals surface area contributed by atoms with Crippen molar-refractivity contribution in [2.45, 2.75) is 25.7 Å². The number of hydrogen-bond donors (Lipinski definition) is 2. The average Bonchev–Trinajstić information content (AvgIpc) is 2.74. The molecule has 0 spiro atoms. The number of fused-ring (bicyclic) bond motifs is 1. The molecule has 1 saturated heterocycles. The smallest absolute Gasteiger partial charge is 0.224 e. The largest absolute Gasteiger partial charge is 0.508 e. The van der Waals surface area contributed by atoms with Crippen LogP contribution in [0.25, 0.3) is 0 Å². The molecule has 0 aliphatic carbocycles. The Bertz CT molecular complexity index is 887. The summed E-state index contributed by atoms with van der Waals surface area (Å²) in [7, 11) is 0. The fourth-order valence-electron chi connectivity index (χ4n) is 4.06. The summed E-state index contributed by atoms with van der Waals surface area (Å²) >= 11 is 0. The molecule has 29 heavy (non-hydrogen) atoms. The maximum Gasteiger partial charge on any atom is 0.224 e. The van der Waals surface area contributed by atoms with Gasteiger partial charge in [-0.05, 0) is 67.4 Å². The van der Waals surface area contributed by atoms with E-state index in [9.17, 15) is 14.7 Å². The van der Waals surface area contributed by atoms with E-state index in [-0.39, 0.29) is 11.7 Å². The topological polar surface area (TPSA) is 72.9 Å². The molecule has 1 fully saturated rings. The van der Waals surface area contributed by atoms with Crippen molar-refractivity contribution in [3.05, 3.63) is 53.6 Å². The number of benzene rings is 2. The van der Waals surface area contributed by atoms with E-state index in [1.807, 2.05) is 30.3 Å². The Kier molecular flexibility index (Phi) is 5.81. The highest BCUT2D eigenvalue weighted by Gasteiger charge is 2.19. The molecule has 6 heteroatoms. The van der Waals surface area contributed by atoms with Gasteiger partial charge in [0.15, 0.2) is 5.78 Å². The van der Waals surface area contributed by atoms with Crippen LogP contribution in [0.2, 0.25) is 0 Å². The monoisotopic (exact) mass is 393 g/mol. The van der Waals surface area contributed by atoms with E-state index in [0.717, 1.165) is 61.6 Å². The molecule has 2 heterocycles. The number of Topliss-reactive ketones (excluding diaryl/α,β-unsaturated/α-hetero) is 1. The molecular weight excluding hydrogens is 366 g/mol. The number of nitrogens with zero attached hydrogens (tertiary/aromatic N) is 2. The van der Waals surface area contributed by atoms with Crippen molar-refractivity contribution in [1.82, 2.24) is 4.90 Å². The zero-order valence-electron chi connectivity index (χ0n) is 16.6. The number of carbonyl (C=O) groups is 2. The number of amides is 1. The van der Waals surface area contributed by atoms with Crippen molar-refractivity contribution in [2.75, 3.05) is 42.9 Å². The molecule has 152 valence electrons. The van der Waals surface area contributed by atoms with Gasteiger partial charge in [-0.3, -0.25) is 14.5 Å². The molecule has 0 aromatic heterocycles. The minimum Gasteiger partial charge on any atom is -0.508 e. The van der Waals surface area contributed by atoms with Gasteiger partial charge in [0.25, 0.3) is 0 Å². The van der Waals surface area contributed by atoms with Crippen LogP contribution in [0.4, 0.5) is 11.4 Å². The number of piperazine rings is 1. The Morgan fingerprint density at radius 1 is 1.00 bits per heavy atom. The Labute approximate surface area is 171 Å². The zero-order chi connectivity index (χ0) is 20.2. The molecule has 0 atom stereocenters. The van der Waals surface area contributed by atoms with Crippen LogP contribution in [0, 0.1) is 0 Å². The molecule has 6 nitrogen and oxygen atoms in total. The first kappa shape index (κ1) is 19.5. The summed E-state index contributed by atoms with van der Waals surface area (Å²) in [5, 5.41) is 12.3. The number of ketones is 1. The quantitative estimate of drug-likeness (QED) is 0.738. The van der Waals surface area contributed by atoms with Crippen LogP contribution >= 0.6 is 0 Å². The fraction of sp³-hybridized carbons (Fsp3) is 0.391. The lowest BCUT2D eigenvalue weighted by molar-refractivity contribution is -0.116. The van der Waals surface area contributed by atoms with E-state index in [2.05, 4.69) is 15.1 Å².